The summed E-state index contributed by atoms with van der Waals surface area (Å²) in [6, 6.07) is 5.46. The minimum Gasteiger partial charge on any atom is -0.334 e. The number of carbonyl (C=O) groups is 1. The van der Waals surface area contributed by atoms with E-state index in [4.69, 9.17) is 28.9 Å². The molecule has 1 aliphatic heterocycles. The molecule has 1 amide bonds. The van der Waals surface area contributed by atoms with Crippen LogP contribution in [0.25, 0.3) is 10.6 Å². The minimum atomic E-state index is -0.0407. The summed E-state index contributed by atoms with van der Waals surface area (Å²) in [6.07, 6.45) is 0.947. The average molecular weight is 443 g/mol. The molecule has 4 nitrogen and oxygen atoms in total. The van der Waals surface area contributed by atoms with Crippen molar-refractivity contribution in [3.8, 4) is 10.6 Å². The predicted molar refractivity (Wildman–Crippen MR) is 110 cm³/mol. The number of thiazole rings is 1. The van der Waals surface area contributed by atoms with Gasteiger partial charge in [0.2, 0.25) is 0 Å². The Kier molecular flexibility index (Phi) is 8.45. The third kappa shape index (κ3) is 4.79. The zero-order valence-electron chi connectivity index (χ0n) is 13.4. The van der Waals surface area contributed by atoms with Crippen molar-refractivity contribution in [2.45, 2.75) is 19.4 Å². The Morgan fingerprint density at radius 2 is 2.12 bits per heavy atom. The molecule has 2 atom stereocenters. The monoisotopic (exact) mass is 441 g/mol. The molecule has 1 aromatic heterocycles. The predicted octanol–water partition coefficient (Wildman–Crippen LogP) is 4.77. The Morgan fingerprint density at radius 1 is 1.40 bits per heavy atom. The first kappa shape index (κ1) is 22.5. The number of aromatic nitrogens is 1. The fourth-order valence-electron chi connectivity index (χ4n) is 2.90. The maximum Gasteiger partial charge on any atom is 0.273 e. The highest BCUT2D eigenvalue weighted by atomic mass is 35.5. The topological polar surface area (TPSA) is 59.2 Å². The maximum atomic E-state index is 12.7. The first-order valence-corrected chi connectivity index (χ1v) is 9.05. The third-order valence-corrected chi connectivity index (χ3v) is 5.56. The van der Waals surface area contributed by atoms with Gasteiger partial charge >= 0.3 is 0 Å². The first-order valence-electron chi connectivity index (χ1n) is 7.41. The largest absolute Gasteiger partial charge is 0.334 e. The molecule has 25 heavy (non-hydrogen) atoms. The van der Waals surface area contributed by atoms with Crippen molar-refractivity contribution >= 4 is 65.3 Å². The van der Waals surface area contributed by atoms with Crippen molar-refractivity contribution in [3.63, 3.8) is 0 Å². The normalized spacial score (nSPS) is 19.3. The SMILES string of the molecule is CC1CC(CN)CN1C(=O)c1csc(-c2ccc(Cl)cc2Cl)n1.Cl.Cl. The second-order valence-corrected chi connectivity index (χ2v) is 7.51. The van der Waals surface area contributed by atoms with Crippen LogP contribution in [0.5, 0.6) is 0 Å². The maximum absolute atomic E-state index is 12.7. The Balaban J connectivity index is 0.00000156. The smallest absolute Gasteiger partial charge is 0.273 e. The van der Waals surface area contributed by atoms with Gasteiger partial charge in [0.15, 0.2) is 0 Å². The van der Waals surface area contributed by atoms with E-state index in [1.807, 2.05) is 11.0 Å². The lowest BCUT2D eigenvalue weighted by molar-refractivity contribution is 0.0738. The van der Waals surface area contributed by atoms with E-state index < -0.39 is 0 Å². The van der Waals surface area contributed by atoms with Gasteiger partial charge in [0.1, 0.15) is 10.7 Å². The molecule has 1 fully saturated rings. The number of amides is 1. The molecular formula is C16H19Cl4N3OS. The van der Waals surface area contributed by atoms with Crippen molar-refractivity contribution in [1.82, 2.24) is 9.88 Å². The number of likely N-dealkylation sites (tertiary alicyclic amines) is 1. The molecule has 0 radical (unpaired) electrons. The number of hydrogen-bond donors (Lipinski definition) is 1. The van der Waals surface area contributed by atoms with Crippen LogP contribution in [0.2, 0.25) is 10.0 Å². The molecule has 1 aliphatic rings. The number of carbonyl (C=O) groups excluding carboxylic acids is 1. The van der Waals surface area contributed by atoms with E-state index >= 15 is 0 Å². The van der Waals surface area contributed by atoms with Gasteiger partial charge in [-0.3, -0.25) is 4.79 Å². The Morgan fingerprint density at radius 3 is 2.72 bits per heavy atom. The van der Waals surface area contributed by atoms with Gasteiger partial charge in [0.25, 0.3) is 5.91 Å². The highest BCUT2D eigenvalue weighted by Gasteiger charge is 2.33. The quantitative estimate of drug-likeness (QED) is 0.744. The van der Waals surface area contributed by atoms with E-state index in [-0.39, 0.29) is 36.8 Å². The Bertz CT molecular complexity index is 740. The fourth-order valence-corrected chi connectivity index (χ4v) is 4.29. The molecule has 2 N–H and O–H groups in total. The van der Waals surface area contributed by atoms with Crippen LogP contribution in [0.3, 0.4) is 0 Å². The van der Waals surface area contributed by atoms with Crippen LogP contribution < -0.4 is 5.73 Å². The summed E-state index contributed by atoms with van der Waals surface area (Å²) in [5, 5.41) is 3.61. The number of nitrogens with two attached hydrogens (primary N) is 1. The van der Waals surface area contributed by atoms with Gasteiger partial charge in [-0.1, -0.05) is 23.2 Å². The molecule has 0 spiro atoms. The highest BCUT2D eigenvalue weighted by molar-refractivity contribution is 7.13. The summed E-state index contributed by atoms with van der Waals surface area (Å²) in [6.45, 7) is 3.36. The van der Waals surface area contributed by atoms with Crippen LogP contribution >= 0.6 is 59.4 Å². The molecule has 2 aromatic rings. The van der Waals surface area contributed by atoms with Crippen LogP contribution in [0.4, 0.5) is 0 Å². The van der Waals surface area contributed by atoms with Crippen molar-refractivity contribution in [2.24, 2.45) is 11.7 Å². The summed E-state index contributed by atoms with van der Waals surface area (Å²) in [5.41, 5.74) is 6.97. The molecular weight excluding hydrogens is 424 g/mol. The lowest BCUT2D eigenvalue weighted by atomic mass is 10.1. The van der Waals surface area contributed by atoms with Crippen LogP contribution in [0.15, 0.2) is 23.6 Å². The van der Waals surface area contributed by atoms with Gasteiger partial charge in [-0.05, 0) is 44.0 Å². The number of nitrogens with zero attached hydrogens (tertiary/aromatic N) is 2. The van der Waals surface area contributed by atoms with Gasteiger partial charge in [0.05, 0.1) is 5.02 Å². The van der Waals surface area contributed by atoms with Crippen molar-refractivity contribution < 1.29 is 4.79 Å². The number of hydrogen-bond acceptors (Lipinski definition) is 4. The summed E-state index contributed by atoms with van der Waals surface area (Å²) in [5.74, 6) is 0.332. The molecule has 0 aliphatic carbocycles. The summed E-state index contributed by atoms with van der Waals surface area (Å²) in [4.78, 5) is 19.0. The molecule has 1 aromatic carbocycles. The third-order valence-electron chi connectivity index (χ3n) is 4.14. The van der Waals surface area contributed by atoms with Gasteiger partial charge in [-0.25, -0.2) is 4.98 Å². The van der Waals surface area contributed by atoms with E-state index in [1.165, 1.54) is 11.3 Å². The molecule has 0 bridgehead atoms. The lowest BCUT2D eigenvalue weighted by Gasteiger charge is -2.20. The molecule has 2 heterocycles. The first-order chi connectivity index (χ1) is 11.0. The Hall–Kier alpha value is -0.560. The second kappa shape index (κ2) is 9.40. The zero-order chi connectivity index (χ0) is 16.6. The van der Waals surface area contributed by atoms with Gasteiger partial charge < -0.3 is 10.6 Å². The van der Waals surface area contributed by atoms with E-state index in [0.29, 0.717) is 34.7 Å². The standard InChI is InChI=1S/C16H17Cl2N3OS.2ClH/c1-9-4-10(6-19)7-21(9)16(22)14-8-23-15(20-14)12-3-2-11(17)5-13(12)18;;/h2-3,5,8-10H,4,6-7,19H2,1H3;2*1H. The van der Waals surface area contributed by atoms with Gasteiger partial charge in [-0.15, -0.1) is 36.2 Å². The highest BCUT2D eigenvalue weighted by Crippen LogP contribution is 2.33. The number of rotatable bonds is 3. The summed E-state index contributed by atoms with van der Waals surface area (Å²) < 4.78 is 0. The van der Waals surface area contributed by atoms with Crippen LogP contribution in [0.1, 0.15) is 23.8 Å². The van der Waals surface area contributed by atoms with Crippen LogP contribution in [0, 0.1) is 5.92 Å². The number of halogens is 4. The van der Waals surface area contributed by atoms with E-state index in [9.17, 15) is 4.79 Å². The lowest BCUT2D eigenvalue weighted by Crippen LogP contribution is -2.34. The van der Waals surface area contributed by atoms with Crippen molar-refractivity contribution in [2.75, 3.05) is 13.1 Å². The van der Waals surface area contributed by atoms with Crippen LogP contribution in [-0.4, -0.2) is 34.9 Å². The fraction of sp³-hybridized carbons (Fsp3) is 0.375. The Labute approximate surface area is 173 Å². The van der Waals surface area contributed by atoms with Crippen LogP contribution in [-0.2, 0) is 0 Å². The molecule has 0 saturated carbocycles. The summed E-state index contributed by atoms with van der Waals surface area (Å²) in [7, 11) is 0. The van der Waals surface area contributed by atoms with Gasteiger partial charge in [0, 0.05) is 28.6 Å². The van der Waals surface area contributed by atoms with Gasteiger partial charge in [-0.2, -0.15) is 0 Å². The van der Waals surface area contributed by atoms with E-state index in [0.717, 1.165) is 17.0 Å². The molecule has 1 saturated heterocycles. The van der Waals surface area contributed by atoms with Crippen molar-refractivity contribution in [1.29, 1.82) is 0 Å². The minimum absolute atomic E-state index is 0. The molecule has 9 heteroatoms. The zero-order valence-corrected chi connectivity index (χ0v) is 17.4. The molecule has 138 valence electrons. The van der Waals surface area contributed by atoms with E-state index in [2.05, 4.69) is 11.9 Å². The summed E-state index contributed by atoms with van der Waals surface area (Å²) >= 11 is 13.5. The van der Waals surface area contributed by atoms with Crippen molar-refractivity contribution in [3.05, 3.63) is 39.3 Å². The van der Waals surface area contributed by atoms with E-state index in [1.54, 1.807) is 17.5 Å². The molecule has 3 rings (SSSR count). The average Bonchev–Trinajstić information content (AvgIpc) is 3.13. The number of benzene rings is 1. The molecule has 2 unspecified atom stereocenters. The second-order valence-electron chi connectivity index (χ2n) is 5.81.